The van der Waals surface area contributed by atoms with Crippen molar-refractivity contribution >= 4 is 28.9 Å². The number of aryl methyl sites for hydroxylation is 1. The number of rotatable bonds is 3. The van der Waals surface area contributed by atoms with Crippen molar-refractivity contribution in [1.82, 2.24) is 20.1 Å². The third-order valence-corrected chi connectivity index (χ3v) is 6.49. The predicted molar refractivity (Wildman–Crippen MR) is 108 cm³/mol. The maximum atomic E-state index is 12.6. The normalized spacial score (nSPS) is 18.8. The van der Waals surface area contributed by atoms with E-state index >= 15 is 0 Å². The summed E-state index contributed by atoms with van der Waals surface area (Å²) in [5.41, 5.74) is 2.56. The highest BCUT2D eigenvalue weighted by molar-refractivity contribution is 7.11. The van der Waals surface area contributed by atoms with E-state index in [0.29, 0.717) is 13.1 Å². The summed E-state index contributed by atoms with van der Waals surface area (Å²) in [6.07, 6.45) is 2.44. The van der Waals surface area contributed by atoms with Crippen LogP contribution < -0.4 is 9.80 Å². The van der Waals surface area contributed by atoms with E-state index in [0.717, 1.165) is 54.3 Å². The monoisotopic (exact) mass is 386 g/mol. The number of anilines is 2. The van der Waals surface area contributed by atoms with Gasteiger partial charge in [-0.1, -0.05) is 6.92 Å². The maximum absolute atomic E-state index is 12.6. The number of carbonyl (C=O) groups is 1. The summed E-state index contributed by atoms with van der Waals surface area (Å²) in [6, 6.07) is 4.14. The lowest BCUT2D eigenvalue weighted by Crippen LogP contribution is -2.49. The lowest BCUT2D eigenvalue weighted by molar-refractivity contribution is 0.0750. The first-order valence-corrected chi connectivity index (χ1v) is 10.5. The molecular weight excluding hydrogens is 360 g/mol. The second-order valence-electron chi connectivity index (χ2n) is 7.47. The molecule has 0 spiro atoms. The van der Waals surface area contributed by atoms with Gasteiger partial charge in [-0.25, -0.2) is 4.98 Å². The fraction of sp³-hybridized carbons (Fsp3) is 0.579. The van der Waals surface area contributed by atoms with Crippen molar-refractivity contribution in [1.29, 1.82) is 0 Å². The van der Waals surface area contributed by atoms with Crippen LogP contribution in [-0.4, -0.2) is 65.3 Å². The van der Waals surface area contributed by atoms with Gasteiger partial charge in [0, 0.05) is 39.3 Å². The molecule has 0 atom stereocenters. The molecule has 2 aromatic rings. The number of nitrogens with zero attached hydrogens (tertiary/aromatic N) is 6. The van der Waals surface area contributed by atoms with E-state index < -0.39 is 0 Å². The molecule has 4 rings (SSSR count). The zero-order valence-electron chi connectivity index (χ0n) is 16.0. The molecule has 0 aliphatic carbocycles. The first-order valence-electron chi connectivity index (χ1n) is 9.65. The topological polar surface area (TPSA) is 65.5 Å². The fourth-order valence-electron chi connectivity index (χ4n) is 3.68. The van der Waals surface area contributed by atoms with Crippen molar-refractivity contribution in [3.63, 3.8) is 0 Å². The van der Waals surface area contributed by atoms with Crippen LogP contribution in [0.25, 0.3) is 0 Å². The molecule has 2 aliphatic heterocycles. The number of thiazole rings is 1. The van der Waals surface area contributed by atoms with Crippen molar-refractivity contribution in [3.8, 4) is 0 Å². The van der Waals surface area contributed by atoms with Gasteiger partial charge in [0.15, 0.2) is 11.6 Å². The molecule has 27 heavy (non-hydrogen) atoms. The average Bonchev–Trinajstić information content (AvgIpc) is 3.14. The van der Waals surface area contributed by atoms with Gasteiger partial charge in [-0.3, -0.25) is 4.79 Å². The fourth-order valence-corrected chi connectivity index (χ4v) is 4.45. The van der Waals surface area contributed by atoms with Gasteiger partial charge in [0.05, 0.1) is 11.2 Å². The van der Waals surface area contributed by atoms with E-state index in [4.69, 9.17) is 0 Å². The molecule has 0 aromatic carbocycles. The Hall–Kier alpha value is -2.22. The number of piperazine rings is 1. The largest absolute Gasteiger partial charge is 0.355 e. The average molecular weight is 387 g/mol. The van der Waals surface area contributed by atoms with Crippen LogP contribution >= 0.6 is 11.3 Å². The van der Waals surface area contributed by atoms with Crippen molar-refractivity contribution in [3.05, 3.63) is 28.2 Å². The van der Waals surface area contributed by atoms with Gasteiger partial charge < -0.3 is 14.7 Å². The Balaban J connectivity index is 1.34. The smallest absolute Gasteiger partial charge is 0.265 e. The molecule has 0 bridgehead atoms. The van der Waals surface area contributed by atoms with Crippen LogP contribution in [0, 0.1) is 12.8 Å². The SMILES string of the molecule is Cc1ncsc1C(=O)N1CCN(c2ccc(N3CCC(C)CC3)nn2)CC1. The first-order chi connectivity index (χ1) is 13.1. The Labute approximate surface area is 164 Å². The second-order valence-corrected chi connectivity index (χ2v) is 8.32. The van der Waals surface area contributed by atoms with Crippen LogP contribution in [0.5, 0.6) is 0 Å². The van der Waals surface area contributed by atoms with E-state index in [1.165, 1.54) is 24.2 Å². The molecule has 0 N–H and O–H groups in total. The molecule has 2 saturated heterocycles. The minimum atomic E-state index is 0.0930. The standard InChI is InChI=1S/C19H26N6OS/c1-14-5-7-23(8-6-14)16-3-4-17(22-21-16)24-9-11-25(12-10-24)19(26)18-15(2)20-13-27-18/h3-4,13-14H,5-12H2,1-2H3. The molecular formula is C19H26N6OS. The number of amides is 1. The van der Waals surface area contributed by atoms with Crippen LogP contribution in [0.2, 0.25) is 0 Å². The number of hydrogen-bond donors (Lipinski definition) is 0. The van der Waals surface area contributed by atoms with Gasteiger partial charge >= 0.3 is 0 Å². The summed E-state index contributed by atoms with van der Waals surface area (Å²) >= 11 is 1.42. The van der Waals surface area contributed by atoms with Crippen LogP contribution in [0.1, 0.15) is 35.1 Å². The Bertz CT molecular complexity index is 776. The zero-order chi connectivity index (χ0) is 18.8. The summed E-state index contributed by atoms with van der Waals surface area (Å²) in [5.74, 6) is 2.77. The lowest BCUT2D eigenvalue weighted by atomic mass is 9.99. The van der Waals surface area contributed by atoms with Gasteiger partial charge in [0.25, 0.3) is 5.91 Å². The van der Waals surface area contributed by atoms with Crippen LogP contribution in [-0.2, 0) is 0 Å². The summed E-state index contributed by atoms with van der Waals surface area (Å²) in [6.45, 7) is 9.28. The van der Waals surface area contributed by atoms with Crippen molar-refractivity contribution in [2.75, 3.05) is 49.1 Å². The molecule has 8 heteroatoms. The number of aromatic nitrogens is 3. The number of piperidine rings is 1. The highest BCUT2D eigenvalue weighted by atomic mass is 32.1. The van der Waals surface area contributed by atoms with E-state index in [-0.39, 0.29) is 5.91 Å². The third-order valence-electron chi connectivity index (χ3n) is 5.57. The summed E-state index contributed by atoms with van der Waals surface area (Å²) in [7, 11) is 0. The molecule has 0 unspecified atom stereocenters. The van der Waals surface area contributed by atoms with Gasteiger partial charge in [0.1, 0.15) is 4.88 Å². The van der Waals surface area contributed by atoms with Crippen molar-refractivity contribution in [2.45, 2.75) is 26.7 Å². The Morgan fingerprint density at radius 3 is 2.11 bits per heavy atom. The molecule has 4 heterocycles. The summed E-state index contributed by atoms with van der Waals surface area (Å²) in [4.78, 5) is 24.0. The lowest BCUT2D eigenvalue weighted by Gasteiger charge is -2.35. The Kier molecular flexibility index (Phi) is 5.24. The van der Waals surface area contributed by atoms with Gasteiger partial charge in [-0.05, 0) is 37.8 Å². The van der Waals surface area contributed by atoms with E-state index in [1.54, 1.807) is 5.51 Å². The van der Waals surface area contributed by atoms with Gasteiger partial charge in [0.2, 0.25) is 0 Å². The number of carbonyl (C=O) groups excluding carboxylic acids is 1. The zero-order valence-corrected chi connectivity index (χ0v) is 16.8. The number of hydrogen-bond acceptors (Lipinski definition) is 7. The summed E-state index contributed by atoms with van der Waals surface area (Å²) < 4.78 is 0. The minimum absolute atomic E-state index is 0.0930. The third kappa shape index (κ3) is 3.90. The molecule has 2 fully saturated rings. The molecule has 0 radical (unpaired) electrons. The highest BCUT2D eigenvalue weighted by Gasteiger charge is 2.25. The summed E-state index contributed by atoms with van der Waals surface area (Å²) in [5, 5.41) is 8.91. The molecule has 2 aromatic heterocycles. The van der Waals surface area contributed by atoms with Crippen LogP contribution in [0.4, 0.5) is 11.6 Å². The maximum Gasteiger partial charge on any atom is 0.265 e. The molecule has 7 nitrogen and oxygen atoms in total. The quantitative estimate of drug-likeness (QED) is 0.807. The highest BCUT2D eigenvalue weighted by Crippen LogP contribution is 2.23. The van der Waals surface area contributed by atoms with E-state index in [9.17, 15) is 4.79 Å². The second kappa shape index (κ2) is 7.80. The van der Waals surface area contributed by atoms with Gasteiger partial charge in [-0.15, -0.1) is 21.5 Å². The molecule has 0 saturated carbocycles. The first kappa shape index (κ1) is 18.2. The Morgan fingerprint density at radius 2 is 1.59 bits per heavy atom. The van der Waals surface area contributed by atoms with Crippen molar-refractivity contribution < 1.29 is 4.79 Å². The Morgan fingerprint density at radius 1 is 1.00 bits per heavy atom. The van der Waals surface area contributed by atoms with E-state index in [2.05, 4.69) is 44.0 Å². The minimum Gasteiger partial charge on any atom is -0.355 e. The van der Waals surface area contributed by atoms with Crippen LogP contribution in [0.15, 0.2) is 17.6 Å². The van der Waals surface area contributed by atoms with E-state index in [1.807, 2.05) is 11.8 Å². The van der Waals surface area contributed by atoms with Crippen LogP contribution in [0.3, 0.4) is 0 Å². The van der Waals surface area contributed by atoms with Crippen molar-refractivity contribution in [2.24, 2.45) is 5.92 Å². The van der Waals surface area contributed by atoms with Gasteiger partial charge in [-0.2, -0.15) is 0 Å². The molecule has 144 valence electrons. The molecule has 1 amide bonds. The predicted octanol–water partition coefficient (Wildman–Crippen LogP) is 2.44. The molecule has 2 aliphatic rings.